The number of anilines is 1. The number of nitrogens with zero attached hydrogens (tertiary/aromatic N) is 6. The van der Waals surface area contributed by atoms with Crippen LogP contribution in [0.15, 0.2) is 41.8 Å². The van der Waals surface area contributed by atoms with Crippen LogP contribution in [0.5, 0.6) is 0 Å². The number of hydrogen-bond donors (Lipinski definition) is 0. The summed E-state index contributed by atoms with van der Waals surface area (Å²) in [6.07, 6.45) is 0. The van der Waals surface area contributed by atoms with Gasteiger partial charge in [-0.15, -0.1) is 26.3 Å². The van der Waals surface area contributed by atoms with Gasteiger partial charge in [-0.1, -0.05) is 23.7 Å². The summed E-state index contributed by atoms with van der Waals surface area (Å²) in [7, 11) is 0. The first-order valence-electron chi connectivity index (χ1n) is 7.82. The molecule has 3 aromatic rings. The van der Waals surface area contributed by atoms with Gasteiger partial charge in [-0.3, -0.25) is 4.90 Å². The van der Waals surface area contributed by atoms with Crippen LogP contribution in [-0.4, -0.2) is 51.3 Å². The summed E-state index contributed by atoms with van der Waals surface area (Å²) < 4.78 is 0. The molecule has 0 saturated carbocycles. The highest BCUT2D eigenvalue weighted by Gasteiger charge is 2.18. The molecule has 2 aromatic heterocycles. The molecule has 24 heavy (non-hydrogen) atoms. The van der Waals surface area contributed by atoms with Crippen molar-refractivity contribution >= 4 is 28.6 Å². The third-order valence-corrected chi connectivity index (χ3v) is 5.17. The second-order valence-corrected chi connectivity index (χ2v) is 7.07. The normalized spacial score (nSPS) is 15.8. The van der Waals surface area contributed by atoms with E-state index in [0.717, 1.165) is 36.1 Å². The van der Waals surface area contributed by atoms with Crippen molar-refractivity contribution < 1.29 is 0 Å². The van der Waals surface area contributed by atoms with E-state index in [4.69, 9.17) is 11.6 Å². The van der Waals surface area contributed by atoms with Crippen molar-refractivity contribution in [1.29, 1.82) is 0 Å². The minimum atomic E-state index is 0.668. The minimum absolute atomic E-state index is 0.668. The first kappa shape index (κ1) is 15.6. The molecule has 0 radical (unpaired) electrons. The average molecular weight is 361 g/mol. The molecule has 0 N–H and O–H groups in total. The van der Waals surface area contributed by atoms with Gasteiger partial charge in [0, 0.05) is 36.9 Å². The van der Waals surface area contributed by atoms with Gasteiger partial charge in [0.25, 0.3) is 0 Å². The SMILES string of the molecule is Clc1cccc(N2CCN(Cn3nnc(-c4cccs4)n3)CC2)c1. The Morgan fingerprint density at radius 1 is 1.08 bits per heavy atom. The maximum absolute atomic E-state index is 6.08. The highest BCUT2D eigenvalue weighted by molar-refractivity contribution is 7.13. The first-order valence-corrected chi connectivity index (χ1v) is 9.08. The van der Waals surface area contributed by atoms with Gasteiger partial charge in [0.05, 0.1) is 4.88 Å². The fourth-order valence-electron chi connectivity index (χ4n) is 2.81. The number of piperazine rings is 1. The predicted octanol–water partition coefficient (Wildman–Crippen LogP) is 2.83. The maximum Gasteiger partial charge on any atom is 0.214 e. The molecular formula is C16H17ClN6S. The number of hydrogen-bond acceptors (Lipinski definition) is 6. The Hall–Kier alpha value is -1.96. The molecule has 6 nitrogen and oxygen atoms in total. The van der Waals surface area contributed by atoms with Crippen molar-refractivity contribution in [3.63, 3.8) is 0 Å². The number of benzene rings is 1. The van der Waals surface area contributed by atoms with Crippen LogP contribution >= 0.6 is 22.9 Å². The van der Waals surface area contributed by atoms with Crippen molar-refractivity contribution in [1.82, 2.24) is 25.1 Å². The van der Waals surface area contributed by atoms with E-state index in [1.165, 1.54) is 5.69 Å². The Kier molecular flexibility index (Phi) is 4.46. The summed E-state index contributed by atoms with van der Waals surface area (Å²) in [6.45, 7) is 4.52. The standard InChI is InChI=1S/C16H17ClN6S/c17-13-3-1-4-14(11-13)22-8-6-21(7-9-22)12-23-19-16(18-20-23)15-5-2-10-24-15/h1-5,10-11H,6-9,12H2. The lowest BCUT2D eigenvalue weighted by Gasteiger charge is -2.35. The molecule has 8 heteroatoms. The molecule has 124 valence electrons. The van der Waals surface area contributed by atoms with Gasteiger partial charge in [0.2, 0.25) is 5.82 Å². The van der Waals surface area contributed by atoms with E-state index in [1.54, 1.807) is 16.1 Å². The van der Waals surface area contributed by atoms with Crippen LogP contribution in [0.3, 0.4) is 0 Å². The van der Waals surface area contributed by atoms with E-state index in [-0.39, 0.29) is 0 Å². The highest BCUT2D eigenvalue weighted by atomic mass is 35.5. The van der Waals surface area contributed by atoms with Gasteiger partial charge in [-0.25, -0.2) is 0 Å². The Labute approximate surface area is 149 Å². The second kappa shape index (κ2) is 6.88. The van der Waals surface area contributed by atoms with Crippen LogP contribution in [0.1, 0.15) is 0 Å². The van der Waals surface area contributed by atoms with E-state index < -0.39 is 0 Å². The van der Waals surface area contributed by atoms with Crippen LogP contribution in [0.2, 0.25) is 5.02 Å². The van der Waals surface area contributed by atoms with Crippen LogP contribution in [-0.2, 0) is 6.67 Å². The molecule has 1 saturated heterocycles. The van der Waals surface area contributed by atoms with Crippen LogP contribution in [0, 0.1) is 0 Å². The molecular weight excluding hydrogens is 344 g/mol. The van der Waals surface area contributed by atoms with E-state index >= 15 is 0 Å². The zero-order valence-electron chi connectivity index (χ0n) is 13.0. The third kappa shape index (κ3) is 3.43. The van der Waals surface area contributed by atoms with Crippen molar-refractivity contribution in [2.75, 3.05) is 31.1 Å². The number of thiophene rings is 1. The Morgan fingerprint density at radius 3 is 2.71 bits per heavy atom. The van der Waals surface area contributed by atoms with Crippen LogP contribution < -0.4 is 4.90 Å². The van der Waals surface area contributed by atoms with Gasteiger partial charge in [-0.2, -0.15) is 0 Å². The fourth-order valence-corrected chi connectivity index (χ4v) is 3.64. The second-order valence-electron chi connectivity index (χ2n) is 5.69. The number of halogens is 1. The molecule has 0 amide bonds. The number of aromatic nitrogens is 4. The lowest BCUT2D eigenvalue weighted by Crippen LogP contribution is -2.47. The van der Waals surface area contributed by atoms with Gasteiger partial charge in [0.15, 0.2) is 0 Å². The van der Waals surface area contributed by atoms with Gasteiger partial charge < -0.3 is 4.90 Å². The zero-order valence-corrected chi connectivity index (χ0v) is 14.6. The summed E-state index contributed by atoms with van der Waals surface area (Å²) >= 11 is 7.71. The summed E-state index contributed by atoms with van der Waals surface area (Å²) in [6, 6.07) is 12.0. The third-order valence-electron chi connectivity index (χ3n) is 4.07. The quantitative estimate of drug-likeness (QED) is 0.716. The average Bonchev–Trinajstić information content (AvgIpc) is 3.27. The lowest BCUT2D eigenvalue weighted by molar-refractivity contribution is 0.182. The summed E-state index contributed by atoms with van der Waals surface area (Å²) in [4.78, 5) is 7.41. The van der Waals surface area contributed by atoms with Crippen molar-refractivity contribution in [2.45, 2.75) is 6.67 Å². The van der Waals surface area contributed by atoms with Gasteiger partial charge >= 0.3 is 0 Å². The van der Waals surface area contributed by atoms with E-state index in [2.05, 4.69) is 31.3 Å². The predicted molar refractivity (Wildman–Crippen MR) is 96.4 cm³/mol. The fraction of sp³-hybridized carbons (Fsp3) is 0.312. The Morgan fingerprint density at radius 2 is 1.96 bits per heavy atom. The molecule has 1 aliphatic heterocycles. The van der Waals surface area contributed by atoms with Crippen molar-refractivity contribution in [3.05, 3.63) is 46.8 Å². The smallest absolute Gasteiger partial charge is 0.214 e. The molecule has 0 atom stereocenters. The first-order chi connectivity index (χ1) is 11.8. The van der Waals surface area contributed by atoms with Crippen molar-refractivity contribution in [2.24, 2.45) is 0 Å². The number of rotatable bonds is 4. The Bertz CT molecular complexity index is 795. The largest absolute Gasteiger partial charge is 0.369 e. The van der Waals surface area contributed by atoms with Crippen LogP contribution in [0.25, 0.3) is 10.7 Å². The summed E-state index contributed by atoms with van der Waals surface area (Å²) in [5.74, 6) is 0.697. The van der Waals surface area contributed by atoms with Crippen molar-refractivity contribution in [3.8, 4) is 10.7 Å². The molecule has 0 unspecified atom stereocenters. The topological polar surface area (TPSA) is 50.1 Å². The summed E-state index contributed by atoms with van der Waals surface area (Å²) in [5.41, 5.74) is 1.18. The lowest BCUT2D eigenvalue weighted by atomic mass is 10.2. The summed E-state index contributed by atoms with van der Waals surface area (Å²) in [5, 5.41) is 15.6. The van der Waals surface area contributed by atoms with E-state index in [1.807, 2.05) is 35.7 Å². The van der Waals surface area contributed by atoms with Gasteiger partial charge in [0.1, 0.15) is 6.67 Å². The van der Waals surface area contributed by atoms with E-state index in [9.17, 15) is 0 Å². The minimum Gasteiger partial charge on any atom is -0.369 e. The molecule has 1 aromatic carbocycles. The molecule has 0 aliphatic carbocycles. The van der Waals surface area contributed by atoms with Gasteiger partial charge in [-0.05, 0) is 34.9 Å². The molecule has 4 rings (SSSR count). The molecule has 1 aliphatic rings. The maximum atomic E-state index is 6.08. The zero-order chi connectivity index (χ0) is 16.4. The molecule has 3 heterocycles. The van der Waals surface area contributed by atoms with E-state index in [0.29, 0.717) is 12.5 Å². The number of tetrazole rings is 1. The molecule has 1 fully saturated rings. The van der Waals surface area contributed by atoms with Crippen LogP contribution in [0.4, 0.5) is 5.69 Å². The monoisotopic (exact) mass is 360 g/mol. The Balaban J connectivity index is 1.35. The molecule has 0 bridgehead atoms. The molecule has 0 spiro atoms. The highest BCUT2D eigenvalue weighted by Crippen LogP contribution is 2.21.